The molecule has 0 fully saturated rings. The lowest BCUT2D eigenvalue weighted by Crippen LogP contribution is -2.48. The molecule has 1 unspecified atom stereocenters. The Bertz CT molecular complexity index is 498. The van der Waals surface area contributed by atoms with Crippen LogP contribution >= 0.6 is 27.3 Å². The molecule has 0 aliphatic rings. The highest BCUT2D eigenvalue weighted by atomic mass is 79.9. The molecule has 18 heavy (non-hydrogen) atoms. The molecule has 0 spiro atoms. The Morgan fingerprint density at radius 2 is 2.06 bits per heavy atom. The van der Waals surface area contributed by atoms with Crippen molar-refractivity contribution in [1.29, 1.82) is 0 Å². The summed E-state index contributed by atoms with van der Waals surface area (Å²) in [6, 6.07) is 1.37. The summed E-state index contributed by atoms with van der Waals surface area (Å²) < 4.78 is 28.3. The molecule has 0 radical (unpaired) electrons. The Hall–Kier alpha value is 0.0500. The molecule has 1 aromatic rings. The normalized spacial score (nSPS) is 14.8. The van der Waals surface area contributed by atoms with E-state index in [0.717, 1.165) is 9.35 Å². The second-order valence-corrected chi connectivity index (χ2v) is 9.61. The van der Waals surface area contributed by atoms with Crippen molar-refractivity contribution in [3.05, 3.63) is 15.4 Å². The van der Waals surface area contributed by atoms with Gasteiger partial charge >= 0.3 is 0 Å². The fraction of sp³-hybridized carbons (Fsp3) is 0.636. The van der Waals surface area contributed by atoms with Crippen molar-refractivity contribution in [3.8, 4) is 0 Å². The monoisotopic (exact) mass is 354 g/mol. The van der Waals surface area contributed by atoms with Crippen LogP contribution in [-0.2, 0) is 10.0 Å². The summed E-state index contributed by atoms with van der Waals surface area (Å²) in [4.78, 5) is 0. The van der Waals surface area contributed by atoms with Crippen LogP contribution in [0.2, 0.25) is 0 Å². The summed E-state index contributed by atoms with van der Waals surface area (Å²) in [5.41, 5.74) is 6.35. The molecule has 0 saturated heterocycles. The highest BCUT2D eigenvalue weighted by molar-refractivity contribution is 9.11. The van der Waals surface area contributed by atoms with Gasteiger partial charge in [0.25, 0.3) is 0 Å². The molecule has 0 aliphatic heterocycles. The molecule has 0 aromatic carbocycles. The molecule has 4 nitrogen and oxygen atoms in total. The zero-order valence-electron chi connectivity index (χ0n) is 11.0. The third-order valence-corrected chi connectivity index (χ3v) is 6.76. The summed E-state index contributed by atoms with van der Waals surface area (Å²) in [5, 5.41) is 0. The summed E-state index contributed by atoms with van der Waals surface area (Å²) in [6.07, 6.45) is 0. The standard InChI is InChI=1S/C11H19BrN2O2S2/c1-7-5-9(17-10(7)12)18(15,16)14-8(6-13)11(2,3)4/h5,8,14H,6,13H2,1-4H3. The average molecular weight is 355 g/mol. The minimum Gasteiger partial charge on any atom is -0.329 e. The van der Waals surface area contributed by atoms with Crippen LogP contribution in [0.1, 0.15) is 26.3 Å². The van der Waals surface area contributed by atoms with E-state index in [2.05, 4.69) is 20.7 Å². The first-order valence-electron chi connectivity index (χ1n) is 5.56. The van der Waals surface area contributed by atoms with Gasteiger partial charge in [0, 0.05) is 12.6 Å². The third-order valence-electron chi connectivity index (χ3n) is 2.68. The topological polar surface area (TPSA) is 72.2 Å². The molecule has 1 rings (SSSR count). The largest absolute Gasteiger partial charge is 0.329 e. The maximum absolute atomic E-state index is 12.2. The van der Waals surface area contributed by atoms with Crippen molar-refractivity contribution in [2.75, 3.05) is 6.54 Å². The maximum Gasteiger partial charge on any atom is 0.250 e. The first kappa shape index (κ1) is 16.1. The molecular formula is C11H19BrN2O2S2. The first-order valence-corrected chi connectivity index (χ1v) is 8.65. The lowest BCUT2D eigenvalue weighted by molar-refractivity contribution is 0.304. The molecule has 0 aliphatic carbocycles. The van der Waals surface area contributed by atoms with E-state index in [1.165, 1.54) is 11.3 Å². The van der Waals surface area contributed by atoms with Gasteiger partial charge in [-0.25, -0.2) is 13.1 Å². The van der Waals surface area contributed by atoms with Crippen molar-refractivity contribution < 1.29 is 8.42 Å². The van der Waals surface area contributed by atoms with E-state index in [1.54, 1.807) is 6.07 Å². The van der Waals surface area contributed by atoms with Crippen LogP contribution in [0.15, 0.2) is 14.1 Å². The summed E-state index contributed by atoms with van der Waals surface area (Å²) in [5.74, 6) is 0. The van der Waals surface area contributed by atoms with Crippen molar-refractivity contribution in [1.82, 2.24) is 4.72 Å². The molecule has 1 atom stereocenters. The van der Waals surface area contributed by atoms with Gasteiger partial charge < -0.3 is 5.73 Å². The summed E-state index contributed by atoms with van der Waals surface area (Å²) >= 11 is 4.54. The van der Waals surface area contributed by atoms with E-state index >= 15 is 0 Å². The van der Waals surface area contributed by atoms with Crippen LogP contribution in [0.5, 0.6) is 0 Å². The molecule has 1 aromatic heterocycles. The van der Waals surface area contributed by atoms with Crippen molar-refractivity contribution in [2.24, 2.45) is 11.1 Å². The predicted octanol–water partition coefficient (Wildman–Crippen LogP) is 2.47. The molecular weight excluding hydrogens is 336 g/mol. The van der Waals surface area contributed by atoms with Crippen LogP contribution in [0, 0.1) is 12.3 Å². The number of sulfonamides is 1. The Labute approximate surface area is 121 Å². The molecule has 7 heteroatoms. The van der Waals surface area contributed by atoms with Crippen LogP contribution in [0.3, 0.4) is 0 Å². The first-order chi connectivity index (χ1) is 8.08. The van der Waals surface area contributed by atoms with Gasteiger partial charge in [0.05, 0.1) is 3.79 Å². The molecule has 0 saturated carbocycles. The number of rotatable bonds is 4. The van der Waals surface area contributed by atoms with Crippen LogP contribution in [0.25, 0.3) is 0 Å². The number of thiophene rings is 1. The number of hydrogen-bond donors (Lipinski definition) is 2. The smallest absolute Gasteiger partial charge is 0.250 e. The quantitative estimate of drug-likeness (QED) is 0.872. The van der Waals surface area contributed by atoms with Crippen LogP contribution in [0.4, 0.5) is 0 Å². The molecule has 0 bridgehead atoms. The fourth-order valence-corrected chi connectivity index (χ4v) is 5.08. The van der Waals surface area contributed by atoms with Gasteiger partial charge in [0.15, 0.2) is 0 Å². The second kappa shape index (κ2) is 5.58. The van der Waals surface area contributed by atoms with Gasteiger partial charge in [-0.3, -0.25) is 0 Å². The predicted molar refractivity (Wildman–Crippen MR) is 79.4 cm³/mol. The van der Waals surface area contributed by atoms with Crippen molar-refractivity contribution >= 4 is 37.3 Å². The van der Waals surface area contributed by atoms with E-state index in [1.807, 2.05) is 27.7 Å². The van der Waals surface area contributed by atoms with Gasteiger partial charge in [-0.1, -0.05) is 20.8 Å². The summed E-state index contributed by atoms with van der Waals surface area (Å²) in [7, 11) is -3.50. The highest BCUT2D eigenvalue weighted by Crippen LogP contribution is 2.31. The Kier molecular flexibility index (Phi) is 4.99. The minimum absolute atomic E-state index is 0.217. The molecule has 104 valence electrons. The zero-order valence-corrected chi connectivity index (χ0v) is 14.2. The Balaban J connectivity index is 3.01. The van der Waals surface area contributed by atoms with Gasteiger partial charge in [-0.05, 0) is 39.9 Å². The maximum atomic E-state index is 12.2. The lowest BCUT2D eigenvalue weighted by Gasteiger charge is -2.29. The average Bonchev–Trinajstić information content (AvgIpc) is 2.55. The lowest BCUT2D eigenvalue weighted by atomic mass is 9.88. The Morgan fingerprint density at radius 1 is 1.50 bits per heavy atom. The van der Waals surface area contributed by atoms with Crippen molar-refractivity contribution in [2.45, 2.75) is 37.9 Å². The van der Waals surface area contributed by atoms with Gasteiger partial charge in [-0.2, -0.15) is 0 Å². The van der Waals surface area contributed by atoms with E-state index in [0.29, 0.717) is 4.21 Å². The van der Waals surface area contributed by atoms with E-state index in [9.17, 15) is 8.42 Å². The van der Waals surface area contributed by atoms with Crippen molar-refractivity contribution in [3.63, 3.8) is 0 Å². The Morgan fingerprint density at radius 3 is 2.39 bits per heavy atom. The van der Waals surface area contributed by atoms with Gasteiger partial charge in [0.1, 0.15) is 4.21 Å². The van der Waals surface area contributed by atoms with Gasteiger partial charge in [0.2, 0.25) is 10.0 Å². The number of halogens is 1. The number of nitrogens with one attached hydrogen (secondary N) is 1. The highest BCUT2D eigenvalue weighted by Gasteiger charge is 2.29. The zero-order chi connectivity index (χ0) is 14.1. The second-order valence-electron chi connectivity index (χ2n) is 5.30. The van der Waals surface area contributed by atoms with E-state index < -0.39 is 10.0 Å². The fourth-order valence-electron chi connectivity index (χ4n) is 1.39. The van der Waals surface area contributed by atoms with Gasteiger partial charge in [-0.15, -0.1) is 11.3 Å². The van der Waals surface area contributed by atoms with E-state index in [4.69, 9.17) is 5.73 Å². The molecule has 1 heterocycles. The van der Waals surface area contributed by atoms with Crippen LogP contribution in [-0.4, -0.2) is 21.0 Å². The number of aryl methyl sites for hydroxylation is 1. The number of nitrogens with two attached hydrogens (primary N) is 1. The SMILES string of the molecule is Cc1cc(S(=O)(=O)NC(CN)C(C)(C)C)sc1Br. The van der Waals surface area contributed by atoms with E-state index in [-0.39, 0.29) is 18.0 Å². The molecule has 3 N–H and O–H groups in total. The third kappa shape index (κ3) is 3.77. The van der Waals surface area contributed by atoms with Crippen LogP contribution < -0.4 is 10.5 Å². The number of hydrogen-bond acceptors (Lipinski definition) is 4. The molecule has 0 amide bonds. The summed E-state index contributed by atoms with van der Waals surface area (Å²) in [6.45, 7) is 8.02. The minimum atomic E-state index is -3.50.